The van der Waals surface area contributed by atoms with Gasteiger partial charge in [-0.05, 0) is 44.7 Å². The predicted molar refractivity (Wildman–Crippen MR) is 104 cm³/mol. The highest BCUT2D eigenvalue weighted by molar-refractivity contribution is 5.93. The summed E-state index contributed by atoms with van der Waals surface area (Å²) in [5.74, 6) is 0.0192. The number of piperidine rings is 2. The molecule has 0 bridgehead atoms. The second-order valence-corrected chi connectivity index (χ2v) is 7.82. The van der Waals surface area contributed by atoms with E-state index in [0.29, 0.717) is 17.9 Å². The molecule has 0 unspecified atom stereocenters. The lowest BCUT2D eigenvalue weighted by molar-refractivity contribution is -0.140. The van der Waals surface area contributed by atoms with Gasteiger partial charge >= 0.3 is 0 Å². The summed E-state index contributed by atoms with van der Waals surface area (Å²) in [7, 11) is 0. The lowest BCUT2D eigenvalue weighted by Gasteiger charge is -2.56. The molecule has 0 radical (unpaired) electrons. The molecule has 2 amide bonds. The molecule has 146 valence electrons. The Bertz CT molecular complexity index is 887. The number of carbonyl (C=O) groups is 2. The zero-order valence-electron chi connectivity index (χ0n) is 16.3. The largest absolute Gasteiger partial charge is 0.338 e. The van der Waals surface area contributed by atoms with Crippen molar-refractivity contribution >= 4 is 11.8 Å². The van der Waals surface area contributed by atoms with Gasteiger partial charge in [-0.25, -0.2) is 15.0 Å². The SMILES string of the molecule is CC(=O)N1CCC[C@@]2(C)[C@@H]1CCCN2C(=O)c1cccc(-c2cncnc2)n1. The van der Waals surface area contributed by atoms with Crippen LogP contribution in [-0.2, 0) is 4.79 Å². The van der Waals surface area contributed by atoms with Crippen molar-refractivity contribution in [1.82, 2.24) is 24.8 Å². The number of pyridine rings is 1. The van der Waals surface area contributed by atoms with Crippen molar-refractivity contribution in [2.75, 3.05) is 13.1 Å². The number of hydrogen-bond acceptors (Lipinski definition) is 5. The molecule has 2 aliphatic rings. The smallest absolute Gasteiger partial charge is 0.272 e. The zero-order chi connectivity index (χ0) is 19.7. The van der Waals surface area contributed by atoms with E-state index < -0.39 is 0 Å². The molecule has 0 aromatic carbocycles. The van der Waals surface area contributed by atoms with Crippen LogP contribution in [0.2, 0.25) is 0 Å². The van der Waals surface area contributed by atoms with E-state index in [-0.39, 0.29) is 23.4 Å². The molecule has 2 fully saturated rings. The van der Waals surface area contributed by atoms with Gasteiger partial charge in [0.15, 0.2) is 0 Å². The Morgan fingerprint density at radius 1 is 1.14 bits per heavy atom. The van der Waals surface area contributed by atoms with Crippen LogP contribution in [0.1, 0.15) is 50.0 Å². The maximum Gasteiger partial charge on any atom is 0.272 e. The first kappa shape index (κ1) is 18.5. The van der Waals surface area contributed by atoms with Gasteiger partial charge in [-0.3, -0.25) is 9.59 Å². The Hall–Kier alpha value is -2.83. The molecule has 2 aliphatic heterocycles. The molecular formula is C21H25N5O2. The van der Waals surface area contributed by atoms with Gasteiger partial charge in [0.1, 0.15) is 12.0 Å². The van der Waals surface area contributed by atoms with E-state index in [1.807, 2.05) is 21.9 Å². The number of amides is 2. The Morgan fingerprint density at radius 3 is 2.68 bits per heavy atom. The number of fused-ring (bicyclic) bond motifs is 1. The van der Waals surface area contributed by atoms with Gasteiger partial charge in [-0.15, -0.1) is 0 Å². The van der Waals surface area contributed by atoms with Gasteiger partial charge in [-0.2, -0.15) is 0 Å². The summed E-state index contributed by atoms with van der Waals surface area (Å²) < 4.78 is 0. The van der Waals surface area contributed by atoms with Crippen molar-refractivity contribution in [2.24, 2.45) is 0 Å². The van der Waals surface area contributed by atoms with Crippen molar-refractivity contribution in [2.45, 2.75) is 51.1 Å². The predicted octanol–water partition coefficient (Wildman–Crippen LogP) is 2.54. The molecule has 2 aromatic heterocycles. The number of hydrogen-bond donors (Lipinski definition) is 0. The second-order valence-electron chi connectivity index (χ2n) is 7.82. The second kappa shape index (κ2) is 7.30. The van der Waals surface area contributed by atoms with Crippen molar-refractivity contribution < 1.29 is 9.59 Å². The first-order valence-electron chi connectivity index (χ1n) is 9.82. The monoisotopic (exact) mass is 379 g/mol. The average Bonchev–Trinajstić information content (AvgIpc) is 2.72. The molecule has 0 aliphatic carbocycles. The van der Waals surface area contributed by atoms with E-state index in [1.165, 1.54) is 6.33 Å². The number of rotatable bonds is 2. The minimum atomic E-state index is -0.354. The third kappa shape index (κ3) is 3.15. The standard InChI is InChI=1S/C21H25N5O2/c1-15(27)25-10-5-9-21(2)19(25)8-4-11-26(21)20(28)18-7-3-6-17(24-18)16-12-22-14-23-13-16/h3,6-7,12-14,19H,4-5,8-11H2,1-2H3/t19-,21-/m0/s1. The molecule has 2 saturated heterocycles. The van der Waals surface area contributed by atoms with Crippen molar-refractivity contribution in [3.05, 3.63) is 42.6 Å². The van der Waals surface area contributed by atoms with E-state index in [4.69, 9.17) is 0 Å². The lowest BCUT2D eigenvalue weighted by Crippen LogP contribution is -2.68. The van der Waals surface area contributed by atoms with Crippen LogP contribution in [0, 0.1) is 0 Å². The van der Waals surface area contributed by atoms with Crippen LogP contribution in [0.15, 0.2) is 36.9 Å². The van der Waals surface area contributed by atoms with E-state index in [0.717, 1.165) is 37.8 Å². The maximum absolute atomic E-state index is 13.4. The molecule has 7 nitrogen and oxygen atoms in total. The maximum atomic E-state index is 13.4. The van der Waals surface area contributed by atoms with E-state index in [9.17, 15) is 9.59 Å². The Labute approximate surface area is 164 Å². The van der Waals surface area contributed by atoms with Crippen molar-refractivity contribution in [3.8, 4) is 11.3 Å². The Kier molecular flexibility index (Phi) is 4.83. The molecule has 7 heteroatoms. The number of carbonyl (C=O) groups excluding carboxylic acids is 2. The van der Waals surface area contributed by atoms with E-state index >= 15 is 0 Å². The Balaban J connectivity index is 1.65. The third-order valence-electron chi connectivity index (χ3n) is 6.13. The first-order chi connectivity index (χ1) is 13.5. The fraction of sp³-hybridized carbons (Fsp3) is 0.476. The molecule has 0 saturated carbocycles. The van der Waals surface area contributed by atoms with Gasteiger partial charge in [-0.1, -0.05) is 6.07 Å². The topological polar surface area (TPSA) is 79.3 Å². The summed E-state index contributed by atoms with van der Waals surface area (Å²) in [6, 6.07) is 5.53. The third-order valence-corrected chi connectivity index (χ3v) is 6.13. The Morgan fingerprint density at radius 2 is 1.93 bits per heavy atom. The lowest BCUT2D eigenvalue weighted by atomic mass is 9.76. The van der Waals surface area contributed by atoms with Crippen molar-refractivity contribution in [1.29, 1.82) is 0 Å². The van der Waals surface area contributed by atoms with Crippen LogP contribution in [-0.4, -0.2) is 61.2 Å². The van der Waals surface area contributed by atoms with Crippen LogP contribution < -0.4 is 0 Å². The summed E-state index contributed by atoms with van der Waals surface area (Å²) in [6.45, 7) is 5.22. The van der Waals surface area contributed by atoms with Gasteiger partial charge < -0.3 is 9.80 Å². The summed E-state index contributed by atoms with van der Waals surface area (Å²) in [5, 5.41) is 0. The summed E-state index contributed by atoms with van der Waals surface area (Å²) in [5.41, 5.74) is 1.52. The molecule has 0 N–H and O–H groups in total. The van der Waals surface area contributed by atoms with Crippen LogP contribution in [0.4, 0.5) is 0 Å². The quantitative estimate of drug-likeness (QED) is 0.801. The fourth-order valence-electron chi connectivity index (χ4n) is 4.74. The molecule has 2 aromatic rings. The minimum Gasteiger partial charge on any atom is -0.338 e. The minimum absolute atomic E-state index is 0.0714. The zero-order valence-corrected chi connectivity index (χ0v) is 16.3. The normalized spacial score (nSPS) is 24.6. The summed E-state index contributed by atoms with van der Waals surface area (Å²) in [6.07, 6.45) is 8.49. The molecule has 4 rings (SSSR count). The van der Waals surface area contributed by atoms with Crippen LogP contribution >= 0.6 is 0 Å². The van der Waals surface area contributed by atoms with E-state index in [1.54, 1.807) is 25.4 Å². The van der Waals surface area contributed by atoms with Gasteiger partial charge in [0.05, 0.1) is 17.3 Å². The first-order valence-corrected chi connectivity index (χ1v) is 9.82. The number of nitrogens with zero attached hydrogens (tertiary/aromatic N) is 5. The molecule has 0 spiro atoms. The summed E-state index contributed by atoms with van der Waals surface area (Å²) >= 11 is 0. The van der Waals surface area contributed by atoms with Gasteiger partial charge in [0, 0.05) is 38.0 Å². The molecule has 4 heterocycles. The number of likely N-dealkylation sites (tertiary alicyclic amines) is 2. The van der Waals surface area contributed by atoms with Crippen LogP contribution in [0.25, 0.3) is 11.3 Å². The molecular weight excluding hydrogens is 354 g/mol. The molecule has 28 heavy (non-hydrogen) atoms. The van der Waals surface area contributed by atoms with Gasteiger partial charge in [0.2, 0.25) is 5.91 Å². The summed E-state index contributed by atoms with van der Waals surface area (Å²) in [4.78, 5) is 42.1. The highest BCUT2D eigenvalue weighted by Gasteiger charge is 2.50. The fourth-order valence-corrected chi connectivity index (χ4v) is 4.74. The highest BCUT2D eigenvalue weighted by Crippen LogP contribution is 2.39. The average molecular weight is 379 g/mol. The van der Waals surface area contributed by atoms with Gasteiger partial charge in [0.25, 0.3) is 5.91 Å². The highest BCUT2D eigenvalue weighted by atomic mass is 16.2. The van der Waals surface area contributed by atoms with E-state index in [2.05, 4.69) is 21.9 Å². The van der Waals surface area contributed by atoms with Crippen molar-refractivity contribution in [3.63, 3.8) is 0 Å². The van der Waals surface area contributed by atoms with Crippen LogP contribution in [0.3, 0.4) is 0 Å². The number of aromatic nitrogens is 3. The van der Waals surface area contributed by atoms with Crippen LogP contribution in [0.5, 0.6) is 0 Å². The molecule has 2 atom stereocenters.